The zero-order valence-electron chi connectivity index (χ0n) is 13.1. The van der Waals surface area contributed by atoms with Gasteiger partial charge in [0.05, 0.1) is 0 Å². The number of likely N-dealkylation sites (tertiary alicyclic amines) is 1. The molecule has 1 aliphatic carbocycles. The van der Waals surface area contributed by atoms with Crippen molar-refractivity contribution >= 4 is 5.91 Å². The van der Waals surface area contributed by atoms with E-state index in [1.807, 2.05) is 0 Å². The van der Waals surface area contributed by atoms with E-state index in [1.54, 1.807) is 0 Å². The molecule has 1 heterocycles. The monoisotopic (exact) mass is 281 g/mol. The lowest BCUT2D eigenvalue weighted by Gasteiger charge is -2.35. The third kappa shape index (κ3) is 4.19. The molecule has 2 fully saturated rings. The summed E-state index contributed by atoms with van der Waals surface area (Å²) < 4.78 is 0. The highest BCUT2D eigenvalue weighted by Gasteiger charge is 2.31. The quantitative estimate of drug-likeness (QED) is 0.825. The summed E-state index contributed by atoms with van der Waals surface area (Å²) in [5.74, 6) is 0.965. The highest BCUT2D eigenvalue weighted by Crippen LogP contribution is 2.28. The number of piperidine rings is 1. The third-order valence-corrected chi connectivity index (χ3v) is 5.10. The molecule has 20 heavy (non-hydrogen) atoms. The number of nitrogens with one attached hydrogen (secondary N) is 1. The normalized spacial score (nSPS) is 33.0. The van der Waals surface area contributed by atoms with Crippen LogP contribution in [0.15, 0.2) is 0 Å². The van der Waals surface area contributed by atoms with Gasteiger partial charge < -0.3 is 16.0 Å². The van der Waals surface area contributed by atoms with Crippen molar-refractivity contribution < 1.29 is 4.79 Å². The first kappa shape index (κ1) is 15.8. The van der Waals surface area contributed by atoms with Crippen LogP contribution in [-0.4, -0.2) is 42.5 Å². The van der Waals surface area contributed by atoms with Gasteiger partial charge in [-0.2, -0.15) is 0 Å². The topological polar surface area (TPSA) is 58.4 Å². The summed E-state index contributed by atoms with van der Waals surface area (Å²) in [5, 5.41) is 3.27. The van der Waals surface area contributed by atoms with Crippen molar-refractivity contribution in [2.45, 2.75) is 64.5 Å². The molecule has 1 aliphatic heterocycles. The van der Waals surface area contributed by atoms with Gasteiger partial charge >= 0.3 is 0 Å². The molecular formula is C16H31N3O. The van der Waals surface area contributed by atoms with E-state index >= 15 is 0 Å². The van der Waals surface area contributed by atoms with Crippen LogP contribution in [0.25, 0.3) is 0 Å². The summed E-state index contributed by atoms with van der Waals surface area (Å²) in [7, 11) is 0. The molecule has 3 unspecified atom stereocenters. The molecule has 4 nitrogen and oxygen atoms in total. The number of carbonyl (C=O) groups is 1. The second-order valence-electron chi connectivity index (χ2n) is 6.78. The molecule has 0 aromatic heterocycles. The highest BCUT2D eigenvalue weighted by atomic mass is 16.1. The predicted octanol–water partition coefficient (Wildman–Crippen LogP) is 1.74. The minimum Gasteiger partial charge on any atom is -0.353 e. The van der Waals surface area contributed by atoms with E-state index in [0.29, 0.717) is 12.0 Å². The van der Waals surface area contributed by atoms with Gasteiger partial charge in [0.15, 0.2) is 0 Å². The first-order valence-electron chi connectivity index (χ1n) is 8.38. The fraction of sp³-hybridized carbons (Fsp3) is 0.938. The van der Waals surface area contributed by atoms with Crippen molar-refractivity contribution in [1.82, 2.24) is 10.2 Å². The summed E-state index contributed by atoms with van der Waals surface area (Å²) >= 11 is 0. The van der Waals surface area contributed by atoms with Crippen molar-refractivity contribution in [2.75, 3.05) is 19.6 Å². The predicted molar refractivity (Wildman–Crippen MR) is 82.4 cm³/mol. The van der Waals surface area contributed by atoms with Crippen LogP contribution in [0.5, 0.6) is 0 Å². The van der Waals surface area contributed by atoms with Gasteiger partial charge in [-0.3, -0.25) is 4.79 Å². The second kappa shape index (κ2) is 7.41. The maximum atomic E-state index is 12.3. The minimum atomic E-state index is 0.148. The number of hydrogen-bond acceptors (Lipinski definition) is 3. The van der Waals surface area contributed by atoms with Gasteiger partial charge in [0, 0.05) is 31.1 Å². The lowest BCUT2D eigenvalue weighted by atomic mass is 9.79. The fourth-order valence-electron chi connectivity index (χ4n) is 3.53. The number of nitrogens with zero attached hydrogens (tertiary/aromatic N) is 1. The zero-order chi connectivity index (χ0) is 14.5. The number of hydrogen-bond donors (Lipinski definition) is 2. The lowest BCUT2D eigenvalue weighted by molar-refractivity contribution is -0.127. The van der Waals surface area contributed by atoms with Crippen LogP contribution in [0.1, 0.15) is 52.4 Å². The molecule has 3 N–H and O–H groups in total. The van der Waals surface area contributed by atoms with Crippen molar-refractivity contribution in [3.8, 4) is 0 Å². The molecule has 0 radical (unpaired) electrons. The molecule has 1 amide bonds. The van der Waals surface area contributed by atoms with E-state index in [-0.39, 0.29) is 17.9 Å². The molecular weight excluding hydrogens is 250 g/mol. The van der Waals surface area contributed by atoms with Crippen LogP contribution in [0.4, 0.5) is 0 Å². The molecule has 1 saturated heterocycles. The van der Waals surface area contributed by atoms with E-state index in [1.165, 1.54) is 13.0 Å². The van der Waals surface area contributed by atoms with Crippen molar-refractivity contribution in [1.29, 1.82) is 0 Å². The van der Waals surface area contributed by atoms with Crippen LogP contribution in [0, 0.1) is 11.8 Å². The Kier molecular flexibility index (Phi) is 5.85. The van der Waals surface area contributed by atoms with Gasteiger partial charge in [0.1, 0.15) is 0 Å². The molecule has 3 atom stereocenters. The van der Waals surface area contributed by atoms with E-state index in [9.17, 15) is 4.79 Å². The van der Waals surface area contributed by atoms with E-state index < -0.39 is 0 Å². The first-order chi connectivity index (χ1) is 9.60. The summed E-state index contributed by atoms with van der Waals surface area (Å²) in [6.45, 7) is 7.86. The summed E-state index contributed by atoms with van der Waals surface area (Å²) in [4.78, 5) is 14.8. The zero-order valence-corrected chi connectivity index (χ0v) is 13.1. The molecule has 116 valence electrons. The average Bonchev–Trinajstić information content (AvgIpc) is 2.44. The van der Waals surface area contributed by atoms with E-state index in [2.05, 4.69) is 24.1 Å². The largest absolute Gasteiger partial charge is 0.353 e. The van der Waals surface area contributed by atoms with Gasteiger partial charge in [-0.25, -0.2) is 0 Å². The Morgan fingerprint density at radius 3 is 2.55 bits per heavy atom. The molecule has 0 bridgehead atoms. The van der Waals surface area contributed by atoms with Crippen LogP contribution in [0.3, 0.4) is 0 Å². The molecule has 2 rings (SSSR count). The molecule has 4 heteroatoms. The Morgan fingerprint density at radius 2 is 1.95 bits per heavy atom. The maximum Gasteiger partial charge on any atom is 0.223 e. The molecule has 0 aromatic rings. The van der Waals surface area contributed by atoms with Crippen LogP contribution in [0.2, 0.25) is 0 Å². The molecule has 1 saturated carbocycles. The van der Waals surface area contributed by atoms with Gasteiger partial charge in [-0.05, 0) is 51.0 Å². The third-order valence-electron chi connectivity index (χ3n) is 5.10. The Balaban J connectivity index is 1.72. The molecule has 0 aromatic carbocycles. The van der Waals surface area contributed by atoms with Crippen LogP contribution in [-0.2, 0) is 4.79 Å². The Labute approximate surface area is 123 Å². The van der Waals surface area contributed by atoms with Crippen molar-refractivity contribution in [3.05, 3.63) is 0 Å². The van der Waals surface area contributed by atoms with Crippen molar-refractivity contribution in [3.63, 3.8) is 0 Å². The Bertz CT molecular complexity index is 313. The number of carbonyl (C=O) groups excluding carboxylic acids is 1. The van der Waals surface area contributed by atoms with Gasteiger partial charge in [0.2, 0.25) is 5.91 Å². The van der Waals surface area contributed by atoms with Crippen molar-refractivity contribution in [2.24, 2.45) is 17.6 Å². The summed E-state index contributed by atoms with van der Waals surface area (Å²) in [5.41, 5.74) is 6.10. The second-order valence-corrected chi connectivity index (χ2v) is 6.78. The van der Waals surface area contributed by atoms with Gasteiger partial charge in [-0.1, -0.05) is 13.8 Å². The lowest BCUT2D eigenvalue weighted by Crippen LogP contribution is -2.48. The maximum absolute atomic E-state index is 12.3. The average molecular weight is 281 g/mol. The summed E-state index contributed by atoms with van der Waals surface area (Å²) in [6.07, 6.45) is 6.38. The Hall–Kier alpha value is -0.610. The number of amides is 1. The van der Waals surface area contributed by atoms with E-state index in [4.69, 9.17) is 5.73 Å². The highest BCUT2D eigenvalue weighted by molar-refractivity contribution is 5.79. The van der Waals surface area contributed by atoms with Crippen LogP contribution < -0.4 is 11.1 Å². The number of rotatable bonds is 4. The molecule has 2 aliphatic rings. The van der Waals surface area contributed by atoms with E-state index in [0.717, 1.165) is 45.2 Å². The van der Waals surface area contributed by atoms with Gasteiger partial charge in [-0.15, -0.1) is 0 Å². The minimum absolute atomic E-state index is 0.148. The van der Waals surface area contributed by atoms with Crippen LogP contribution >= 0.6 is 0 Å². The first-order valence-corrected chi connectivity index (χ1v) is 8.38. The SMILES string of the molecule is CCCN1CCC(NC(=O)C2CCC(C)C(N)C2)CC1. The fourth-order valence-corrected chi connectivity index (χ4v) is 3.53. The number of nitrogens with two attached hydrogens (primary N) is 1. The standard InChI is InChI=1S/C16H31N3O/c1-3-8-19-9-6-14(7-10-19)18-16(20)13-5-4-12(2)15(17)11-13/h12-15H,3-11,17H2,1-2H3,(H,18,20). The smallest absolute Gasteiger partial charge is 0.223 e. The molecule has 0 spiro atoms. The Morgan fingerprint density at radius 1 is 1.25 bits per heavy atom. The summed E-state index contributed by atoms with van der Waals surface area (Å²) in [6, 6.07) is 0.581. The van der Waals surface area contributed by atoms with Gasteiger partial charge in [0.25, 0.3) is 0 Å².